The summed E-state index contributed by atoms with van der Waals surface area (Å²) in [4.78, 5) is 12.2. The lowest BCUT2D eigenvalue weighted by Crippen LogP contribution is -2.36. The largest absolute Gasteiger partial charge is 0.514 e. The molecular formula is C21H30O3. The quantitative estimate of drug-likeness (QED) is 0.390. The lowest BCUT2D eigenvalue weighted by molar-refractivity contribution is -0.0136. The maximum Gasteiger partial charge on any atom is 0.514 e. The highest BCUT2D eigenvalue weighted by Gasteiger charge is 2.33. The summed E-state index contributed by atoms with van der Waals surface area (Å²) >= 11 is 0. The van der Waals surface area contributed by atoms with Gasteiger partial charge in [0.2, 0.25) is 0 Å². The standard InChI is InChI=1S/C21H30O3/c1-14(2)12-17-7-9-18(10-8-17)23-21(22)24-20-13-16(5)6-11-19(20)15(3)4/h7-10,15-16,19-20H,1,6,11-13H2,2-5H3. The molecule has 3 nitrogen and oxygen atoms in total. The molecule has 1 aromatic rings. The molecule has 0 bridgehead atoms. The number of hydrogen-bond acceptors (Lipinski definition) is 3. The van der Waals surface area contributed by atoms with Crippen molar-refractivity contribution in [2.45, 2.75) is 59.5 Å². The first kappa shape index (κ1) is 18.6. The Bertz CT molecular complexity index is 559. The Labute approximate surface area is 146 Å². The van der Waals surface area contributed by atoms with Crippen LogP contribution < -0.4 is 4.74 Å². The first-order valence-corrected chi connectivity index (χ1v) is 8.97. The van der Waals surface area contributed by atoms with Gasteiger partial charge in [-0.05, 0) is 61.6 Å². The summed E-state index contributed by atoms with van der Waals surface area (Å²) in [5.41, 5.74) is 2.26. The van der Waals surface area contributed by atoms with Crippen molar-refractivity contribution in [1.29, 1.82) is 0 Å². The summed E-state index contributed by atoms with van der Waals surface area (Å²) in [6, 6.07) is 7.53. The predicted octanol–water partition coefficient (Wildman–Crippen LogP) is 5.78. The smallest absolute Gasteiger partial charge is 0.430 e. The van der Waals surface area contributed by atoms with Gasteiger partial charge >= 0.3 is 6.16 Å². The van der Waals surface area contributed by atoms with Gasteiger partial charge in [0, 0.05) is 0 Å². The third-order valence-corrected chi connectivity index (χ3v) is 4.84. The van der Waals surface area contributed by atoms with Crippen molar-refractivity contribution in [3.05, 3.63) is 42.0 Å². The van der Waals surface area contributed by atoms with E-state index in [1.165, 1.54) is 6.42 Å². The molecule has 1 aliphatic carbocycles. The summed E-state index contributed by atoms with van der Waals surface area (Å²) in [6.07, 6.45) is 3.46. The zero-order valence-corrected chi connectivity index (χ0v) is 15.4. The first-order chi connectivity index (χ1) is 11.3. The second kappa shape index (κ2) is 8.36. The van der Waals surface area contributed by atoms with E-state index in [1.807, 2.05) is 31.2 Å². The van der Waals surface area contributed by atoms with Crippen molar-refractivity contribution >= 4 is 6.16 Å². The molecule has 1 saturated carbocycles. The molecule has 0 N–H and O–H groups in total. The Balaban J connectivity index is 1.92. The number of allylic oxidation sites excluding steroid dienone is 1. The molecule has 0 radical (unpaired) electrons. The summed E-state index contributed by atoms with van der Waals surface area (Å²) in [6.45, 7) is 12.5. The highest BCUT2D eigenvalue weighted by molar-refractivity contribution is 5.64. The van der Waals surface area contributed by atoms with Crippen molar-refractivity contribution in [3.63, 3.8) is 0 Å². The second-order valence-electron chi connectivity index (χ2n) is 7.61. The van der Waals surface area contributed by atoms with Crippen molar-refractivity contribution in [3.8, 4) is 5.75 Å². The van der Waals surface area contributed by atoms with Crippen LogP contribution in [0.5, 0.6) is 5.75 Å². The molecule has 1 aromatic carbocycles. The minimum absolute atomic E-state index is 0.0380. The molecule has 0 heterocycles. The molecule has 0 aromatic heterocycles. The third kappa shape index (κ3) is 5.40. The number of ether oxygens (including phenoxy) is 2. The molecule has 3 atom stereocenters. The molecule has 0 amide bonds. The van der Waals surface area contributed by atoms with Gasteiger partial charge in [0.1, 0.15) is 11.9 Å². The van der Waals surface area contributed by atoms with Gasteiger partial charge < -0.3 is 9.47 Å². The Morgan fingerprint density at radius 3 is 2.50 bits per heavy atom. The molecule has 0 aliphatic heterocycles. The molecule has 132 valence electrons. The third-order valence-electron chi connectivity index (χ3n) is 4.84. The summed E-state index contributed by atoms with van der Waals surface area (Å²) in [5.74, 6) is 2.05. The maximum absolute atomic E-state index is 12.2. The van der Waals surface area contributed by atoms with E-state index >= 15 is 0 Å². The molecule has 1 aliphatic rings. The van der Waals surface area contributed by atoms with Crippen molar-refractivity contribution in [2.24, 2.45) is 17.8 Å². The first-order valence-electron chi connectivity index (χ1n) is 8.97. The SMILES string of the molecule is C=C(C)Cc1ccc(OC(=O)OC2CC(C)CCC2C(C)C)cc1. The lowest BCUT2D eigenvalue weighted by atomic mass is 9.75. The number of carbonyl (C=O) groups is 1. The van der Waals surface area contributed by atoms with Crippen LogP contribution in [-0.4, -0.2) is 12.3 Å². The van der Waals surface area contributed by atoms with Crippen molar-refractivity contribution in [1.82, 2.24) is 0 Å². The van der Waals surface area contributed by atoms with E-state index in [9.17, 15) is 4.79 Å². The van der Waals surface area contributed by atoms with Crippen LogP contribution in [0.4, 0.5) is 4.79 Å². The van der Waals surface area contributed by atoms with E-state index < -0.39 is 6.16 Å². The lowest BCUT2D eigenvalue weighted by Gasteiger charge is -2.36. The van der Waals surface area contributed by atoms with E-state index in [4.69, 9.17) is 9.47 Å². The van der Waals surface area contributed by atoms with E-state index in [2.05, 4.69) is 27.4 Å². The van der Waals surface area contributed by atoms with Crippen LogP contribution in [0.15, 0.2) is 36.4 Å². The molecule has 3 heteroatoms. The highest BCUT2D eigenvalue weighted by atomic mass is 16.7. The van der Waals surface area contributed by atoms with Crippen LogP contribution in [0, 0.1) is 17.8 Å². The van der Waals surface area contributed by atoms with Gasteiger partial charge in [0.25, 0.3) is 0 Å². The number of carbonyl (C=O) groups excluding carboxylic acids is 1. The fraction of sp³-hybridized carbons (Fsp3) is 0.571. The molecule has 3 unspecified atom stereocenters. The van der Waals surface area contributed by atoms with Gasteiger partial charge in [-0.3, -0.25) is 0 Å². The zero-order chi connectivity index (χ0) is 17.7. The molecule has 24 heavy (non-hydrogen) atoms. The van der Waals surface area contributed by atoms with E-state index in [0.29, 0.717) is 23.5 Å². The van der Waals surface area contributed by atoms with Crippen LogP contribution in [0.25, 0.3) is 0 Å². The van der Waals surface area contributed by atoms with Crippen LogP contribution in [0.3, 0.4) is 0 Å². The van der Waals surface area contributed by atoms with Crippen LogP contribution in [0.1, 0.15) is 52.5 Å². The van der Waals surface area contributed by atoms with Gasteiger partial charge in [-0.1, -0.05) is 51.5 Å². The Morgan fingerprint density at radius 2 is 1.92 bits per heavy atom. The second-order valence-corrected chi connectivity index (χ2v) is 7.61. The van der Waals surface area contributed by atoms with Crippen molar-refractivity contribution in [2.75, 3.05) is 0 Å². The Kier molecular flexibility index (Phi) is 6.47. The normalized spacial score (nSPS) is 23.8. The van der Waals surface area contributed by atoms with Crippen LogP contribution in [-0.2, 0) is 11.2 Å². The van der Waals surface area contributed by atoms with Crippen LogP contribution in [0.2, 0.25) is 0 Å². The number of hydrogen-bond donors (Lipinski definition) is 0. The van der Waals surface area contributed by atoms with Crippen molar-refractivity contribution < 1.29 is 14.3 Å². The summed E-state index contributed by atoms with van der Waals surface area (Å²) < 4.78 is 11.0. The molecule has 1 fully saturated rings. The fourth-order valence-corrected chi connectivity index (χ4v) is 3.52. The van der Waals surface area contributed by atoms with E-state index in [1.54, 1.807) is 0 Å². The predicted molar refractivity (Wildman–Crippen MR) is 97.2 cm³/mol. The maximum atomic E-state index is 12.2. The Hall–Kier alpha value is -1.77. The van der Waals surface area contributed by atoms with Crippen LogP contribution >= 0.6 is 0 Å². The Morgan fingerprint density at radius 1 is 1.25 bits per heavy atom. The fourth-order valence-electron chi connectivity index (χ4n) is 3.52. The molecular weight excluding hydrogens is 300 g/mol. The average molecular weight is 330 g/mol. The van der Waals surface area contributed by atoms with E-state index in [-0.39, 0.29) is 6.10 Å². The van der Waals surface area contributed by atoms with Gasteiger partial charge in [-0.15, -0.1) is 0 Å². The average Bonchev–Trinajstić information content (AvgIpc) is 2.48. The highest BCUT2D eigenvalue weighted by Crippen LogP contribution is 2.35. The topological polar surface area (TPSA) is 35.5 Å². The minimum atomic E-state index is -0.590. The number of rotatable bonds is 5. The van der Waals surface area contributed by atoms with Gasteiger partial charge in [0.15, 0.2) is 0 Å². The van der Waals surface area contributed by atoms with Gasteiger partial charge in [0.05, 0.1) is 0 Å². The van der Waals surface area contributed by atoms with E-state index in [0.717, 1.165) is 30.4 Å². The molecule has 0 saturated heterocycles. The number of benzene rings is 1. The van der Waals surface area contributed by atoms with Gasteiger partial charge in [-0.25, -0.2) is 4.79 Å². The summed E-state index contributed by atoms with van der Waals surface area (Å²) in [5, 5.41) is 0. The molecule has 2 rings (SSSR count). The molecule has 0 spiro atoms. The van der Waals surface area contributed by atoms with Gasteiger partial charge in [-0.2, -0.15) is 0 Å². The zero-order valence-electron chi connectivity index (χ0n) is 15.4. The monoisotopic (exact) mass is 330 g/mol. The summed E-state index contributed by atoms with van der Waals surface area (Å²) in [7, 11) is 0. The minimum Gasteiger partial charge on any atom is -0.430 e.